The van der Waals surface area contributed by atoms with Crippen LogP contribution in [0.2, 0.25) is 0 Å². The van der Waals surface area contributed by atoms with E-state index in [4.69, 9.17) is 12.3 Å². The van der Waals surface area contributed by atoms with Gasteiger partial charge in [0.25, 0.3) is 0 Å². The first kappa shape index (κ1) is 6.57. The van der Waals surface area contributed by atoms with Gasteiger partial charge in [-0.05, 0) is 12.8 Å². The normalized spacial score (nSPS) is 35.6. The lowest BCUT2D eigenvalue weighted by molar-refractivity contribution is 0.423. The van der Waals surface area contributed by atoms with Gasteiger partial charge in [-0.2, -0.15) is 0 Å². The molecular formula is C7H12N2. The van der Waals surface area contributed by atoms with Gasteiger partial charge in [-0.3, -0.25) is 0 Å². The Kier molecular flexibility index (Phi) is 2.07. The van der Waals surface area contributed by atoms with Crippen LogP contribution in [0, 0.1) is 6.57 Å². The van der Waals surface area contributed by atoms with Crippen molar-refractivity contribution in [3.8, 4) is 0 Å². The second-order valence-electron chi connectivity index (χ2n) is 2.71. The third kappa shape index (κ3) is 1.69. The zero-order valence-electron chi connectivity index (χ0n) is 5.51. The smallest absolute Gasteiger partial charge is 0.225 e. The van der Waals surface area contributed by atoms with Crippen molar-refractivity contribution in [2.75, 3.05) is 0 Å². The molecule has 1 saturated carbocycles. The maximum atomic E-state index is 6.76. The van der Waals surface area contributed by atoms with Crippen molar-refractivity contribution in [3.05, 3.63) is 11.4 Å². The van der Waals surface area contributed by atoms with Crippen molar-refractivity contribution >= 4 is 0 Å². The average molecular weight is 124 g/mol. The van der Waals surface area contributed by atoms with Crippen LogP contribution < -0.4 is 5.73 Å². The van der Waals surface area contributed by atoms with E-state index in [-0.39, 0.29) is 6.04 Å². The molecule has 50 valence electrons. The number of rotatable bonds is 0. The van der Waals surface area contributed by atoms with E-state index in [1.165, 1.54) is 0 Å². The second-order valence-corrected chi connectivity index (χ2v) is 2.71. The number of nitrogens with two attached hydrogens (primary N) is 1. The van der Waals surface area contributed by atoms with Crippen LogP contribution in [0.5, 0.6) is 0 Å². The fraction of sp³-hybridized carbons (Fsp3) is 0.857. The zero-order chi connectivity index (χ0) is 6.69. The molecule has 0 aromatic heterocycles. The standard InChI is InChI=1S/C7H12N2/c1-9-7-4-2-3-6(8)5-7/h6-7H,2-5,8H2/t6-,7+/m0/s1. The summed E-state index contributed by atoms with van der Waals surface area (Å²) in [6, 6.07) is 0.534. The highest BCUT2D eigenvalue weighted by Gasteiger charge is 2.21. The fourth-order valence-corrected chi connectivity index (χ4v) is 1.32. The molecule has 0 aromatic rings. The largest absolute Gasteiger partial charge is 0.327 e. The quantitative estimate of drug-likeness (QED) is 0.483. The molecule has 0 amide bonds. The lowest BCUT2D eigenvalue weighted by Gasteiger charge is -2.17. The Balaban J connectivity index is 2.34. The van der Waals surface area contributed by atoms with Gasteiger partial charge in [0.15, 0.2) is 0 Å². The van der Waals surface area contributed by atoms with E-state index in [9.17, 15) is 0 Å². The maximum absolute atomic E-state index is 6.76. The highest BCUT2D eigenvalue weighted by atomic mass is 14.8. The van der Waals surface area contributed by atoms with Gasteiger partial charge in [0.05, 0.1) is 0 Å². The first-order chi connectivity index (χ1) is 4.33. The van der Waals surface area contributed by atoms with Crippen LogP contribution in [0.3, 0.4) is 0 Å². The summed E-state index contributed by atoms with van der Waals surface area (Å²) in [5.41, 5.74) is 5.66. The van der Waals surface area contributed by atoms with E-state index in [2.05, 4.69) is 4.85 Å². The van der Waals surface area contributed by atoms with Crippen molar-refractivity contribution in [2.45, 2.75) is 37.8 Å². The SMILES string of the molecule is [C-]#[N+][C@@H]1CCC[C@H](N)C1. The van der Waals surface area contributed by atoms with Gasteiger partial charge in [-0.25, -0.2) is 6.57 Å². The molecule has 9 heavy (non-hydrogen) atoms. The van der Waals surface area contributed by atoms with Crippen molar-refractivity contribution in [2.24, 2.45) is 5.73 Å². The van der Waals surface area contributed by atoms with Crippen LogP contribution in [-0.2, 0) is 0 Å². The molecule has 0 heterocycles. The summed E-state index contributed by atoms with van der Waals surface area (Å²) in [6.07, 6.45) is 4.25. The summed E-state index contributed by atoms with van der Waals surface area (Å²) in [7, 11) is 0. The van der Waals surface area contributed by atoms with Crippen molar-refractivity contribution in [3.63, 3.8) is 0 Å². The van der Waals surface area contributed by atoms with Crippen LogP contribution in [0.4, 0.5) is 0 Å². The summed E-state index contributed by atoms with van der Waals surface area (Å²) in [5, 5.41) is 0. The molecule has 0 aromatic carbocycles. The molecule has 1 fully saturated rings. The van der Waals surface area contributed by atoms with Gasteiger partial charge in [0.2, 0.25) is 6.04 Å². The fourth-order valence-electron chi connectivity index (χ4n) is 1.32. The average Bonchev–Trinajstić information content (AvgIpc) is 1.88. The Morgan fingerprint density at radius 3 is 2.67 bits per heavy atom. The van der Waals surface area contributed by atoms with Gasteiger partial charge in [-0.1, -0.05) is 0 Å². The van der Waals surface area contributed by atoms with Gasteiger partial charge in [0, 0.05) is 18.9 Å². The maximum Gasteiger partial charge on any atom is 0.225 e. The molecule has 0 radical (unpaired) electrons. The molecular weight excluding hydrogens is 112 g/mol. The monoisotopic (exact) mass is 124 g/mol. The summed E-state index contributed by atoms with van der Waals surface area (Å²) in [5.74, 6) is 0. The topological polar surface area (TPSA) is 30.4 Å². The van der Waals surface area contributed by atoms with Crippen molar-refractivity contribution in [1.82, 2.24) is 0 Å². The Hall–Kier alpha value is -0.550. The Morgan fingerprint density at radius 2 is 2.22 bits per heavy atom. The number of hydrogen-bond donors (Lipinski definition) is 1. The van der Waals surface area contributed by atoms with Crippen molar-refractivity contribution < 1.29 is 0 Å². The molecule has 0 aliphatic heterocycles. The minimum Gasteiger partial charge on any atom is -0.327 e. The number of hydrogen-bond acceptors (Lipinski definition) is 1. The molecule has 1 aliphatic carbocycles. The van der Waals surface area contributed by atoms with Crippen LogP contribution in [0.25, 0.3) is 4.85 Å². The Morgan fingerprint density at radius 1 is 1.44 bits per heavy atom. The van der Waals surface area contributed by atoms with Crippen molar-refractivity contribution in [1.29, 1.82) is 0 Å². The van der Waals surface area contributed by atoms with Gasteiger partial charge >= 0.3 is 0 Å². The molecule has 0 bridgehead atoms. The third-order valence-corrected chi connectivity index (χ3v) is 1.87. The summed E-state index contributed by atoms with van der Waals surface area (Å²) in [4.78, 5) is 3.47. The van der Waals surface area contributed by atoms with Gasteiger partial charge < -0.3 is 10.6 Å². The highest BCUT2D eigenvalue weighted by Crippen LogP contribution is 2.19. The lowest BCUT2D eigenvalue weighted by atomic mass is 9.92. The molecule has 2 nitrogen and oxygen atoms in total. The summed E-state index contributed by atoms with van der Waals surface area (Å²) in [6.45, 7) is 6.76. The van der Waals surface area contributed by atoms with E-state index in [0.717, 1.165) is 25.7 Å². The molecule has 1 rings (SSSR count). The molecule has 0 saturated heterocycles. The molecule has 2 N–H and O–H groups in total. The summed E-state index contributed by atoms with van der Waals surface area (Å²) >= 11 is 0. The van der Waals surface area contributed by atoms with Crippen LogP contribution >= 0.6 is 0 Å². The molecule has 1 aliphatic rings. The third-order valence-electron chi connectivity index (χ3n) is 1.87. The lowest BCUT2D eigenvalue weighted by Crippen LogP contribution is -2.28. The number of nitrogens with zero attached hydrogens (tertiary/aromatic N) is 1. The molecule has 2 heteroatoms. The van der Waals surface area contributed by atoms with Crippen LogP contribution in [-0.4, -0.2) is 12.1 Å². The minimum atomic E-state index is 0.230. The van der Waals surface area contributed by atoms with E-state index in [1.807, 2.05) is 0 Å². The Bertz CT molecular complexity index is 125. The summed E-state index contributed by atoms with van der Waals surface area (Å²) < 4.78 is 0. The van der Waals surface area contributed by atoms with Gasteiger partial charge in [0.1, 0.15) is 0 Å². The van der Waals surface area contributed by atoms with E-state index in [1.54, 1.807) is 0 Å². The predicted molar refractivity (Wildman–Crippen MR) is 36.8 cm³/mol. The predicted octanol–water partition coefficient (Wildman–Crippen LogP) is 1.18. The van der Waals surface area contributed by atoms with E-state index < -0.39 is 0 Å². The second kappa shape index (κ2) is 2.84. The molecule has 0 unspecified atom stereocenters. The molecule has 0 spiro atoms. The minimum absolute atomic E-state index is 0.230. The first-order valence-corrected chi connectivity index (χ1v) is 3.45. The van der Waals surface area contributed by atoms with Gasteiger partial charge in [-0.15, -0.1) is 0 Å². The van der Waals surface area contributed by atoms with E-state index >= 15 is 0 Å². The molecule has 2 atom stereocenters. The van der Waals surface area contributed by atoms with E-state index in [0.29, 0.717) is 6.04 Å². The Labute approximate surface area is 55.9 Å². The highest BCUT2D eigenvalue weighted by molar-refractivity contribution is 4.86. The van der Waals surface area contributed by atoms with Crippen LogP contribution in [0.1, 0.15) is 25.7 Å². The zero-order valence-corrected chi connectivity index (χ0v) is 5.51. The first-order valence-electron chi connectivity index (χ1n) is 3.45. The van der Waals surface area contributed by atoms with Crippen LogP contribution in [0.15, 0.2) is 0 Å².